The number of carbonyl (C=O) groups is 2. The second kappa shape index (κ2) is 14.4. The third-order valence-corrected chi connectivity index (χ3v) is 7.53. The Morgan fingerprint density at radius 1 is 0.947 bits per heavy atom. The van der Waals surface area contributed by atoms with Crippen LogP contribution < -0.4 is 14.8 Å². The number of nitrogens with zero attached hydrogens (tertiary/aromatic N) is 2. The predicted octanol–water partition coefficient (Wildman–Crippen LogP) is 6.15. The molecule has 0 atom stereocenters. The molecule has 2 aromatic carbocycles. The number of benzene rings is 2. The number of amides is 3. The first-order valence-electron chi connectivity index (χ1n) is 13.1. The fourth-order valence-electron chi connectivity index (χ4n) is 4.26. The van der Waals surface area contributed by atoms with Gasteiger partial charge in [-0.25, -0.2) is 4.79 Å². The van der Waals surface area contributed by atoms with Crippen LogP contribution in [-0.2, 0) is 24.2 Å². The Labute approximate surface area is 230 Å². The van der Waals surface area contributed by atoms with Gasteiger partial charge in [-0.05, 0) is 72.5 Å². The number of ether oxygens (including phenoxy) is 2. The zero-order valence-electron chi connectivity index (χ0n) is 23.1. The number of urea groups is 1. The minimum absolute atomic E-state index is 0.0182. The van der Waals surface area contributed by atoms with E-state index in [9.17, 15) is 9.59 Å². The average molecular weight is 538 g/mol. The minimum atomic E-state index is -0.256. The summed E-state index contributed by atoms with van der Waals surface area (Å²) in [6.45, 7) is 7.67. The maximum atomic E-state index is 13.7. The van der Waals surface area contributed by atoms with Crippen LogP contribution in [0.5, 0.6) is 11.5 Å². The van der Waals surface area contributed by atoms with Gasteiger partial charge < -0.3 is 24.6 Å². The largest absolute Gasteiger partial charge is 0.493 e. The van der Waals surface area contributed by atoms with Crippen LogP contribution in [0, 0.1) is 6.92 Å². The maximum Gasteiger partial charge on any atom is 0.322 e. The highest BCUT2D eigenvalue weighted by atomic mass is 32.1. The van der Waals surface area contributed by atoms with Crippen LogP contribution in [0.15, 0.2) is 53.9 Å². The van der Waals surface area contributed by atoms with Gasteiger partial charge in [0, 0.05) is 23.7 Å². The summed E-state index contributed by atoms with van der Waals surface area (Å²) in [5.74, 6) is 1.25. The number of rotatable bonds is 13. The maximum absolute atomic E-state index is 13.7. The molecule has 204 valence electrons. The van der Waals surface area contributed by atoms with Crippen LogP contribution in [0.3, 0.4) is 0 Å². The quantitative estimate of drug-likeness (QED) is 0.284. The van der Waals surface area contributed by atoms with Gasteiger partial charge in [0.15, 0.2) is 11.5 Å². The number of thiophene rings is 1. The Bertz CT molecular complexity index is 1210. The van der Waals surface area contributed by atoms with Gasteiger partial charge in [0.2, 0.25) is 5.91 Å². The lowest BCUT2D eigenvalue weighted by atomic mass is 10.1. The number of carbonyl (C=O) groups excluding carboxylic acids is 2. The van der Waals surface area contributed by atoms with Crippen molar-refractivity contribution in [1.82, 2.24) is 9.80 Å². The van der Waals surface area contributed by atoms with Crippen molar-refractivity contribution in [2.45, 2.75) is 46.6 Å². The molecule has 3 rings (SSSR count). The highest BCUT2D eigenvalue weighted by molar-refractivity contribution is 7.10. The molecule has 0 spiro atoms. The van der Waals surface area contributed by atoms with Crippen LogP contribution >= 0.6 is 11.3 Å². The Kier molecular flexibility index (Phi) is 11.0. The van der Waals surface area contributed by atoms with Crippen molar-refractivity contribution < 1.29 is 19.1 Å². The van der Waals surface area contributed by atoms with Gasteiger partial charge in [0.05, 0.1) is 20.8 Å². The van der Waals surface area contributed by atoms with E-state index in [1.807, 2.05) is 59.7 Å². The third kappa shape index (κ3) is 7.74. The second-order valence-corrected chi connectivity index (χ2v) is 10.1. The Hall–Kier alpha value is -3.52. The van der Waals surface area contributed by atoms with Crippen molar-refractivity contribution in [3.63, 3.8) is 0 Å². The molecule has 0 aliphatic carbocycles. The molecule has 8 heteroatoms. The molecule has 0 saturated heterocycles. The lowest BCUT2D eigenvalue weighted by Crippen LogP contribution is -2.45. The summed E-state index contributed by atoms with van der Waals surface area (Å²) >= 11 is 1.65. The van der Waals surface area contributed by atoms with Gasteiger partial charge >= 0.3 is 6.03 Å². The van der Waals surface area contributed by atoms with Gasteiger partial charge in [-0.3, -0.25) is 4.79 Å². The zero-order valence-corrected chi connectivity index (χ0v) is 23.9. The summed E-state index contributed by atoms with van der Waals surface area (Å²) in [6.07, 6.45) is 2.22. The molecule has 1 N–H and O–H groups in total. The monoisotopic (exact) mass is 537 g/mol. The number of nitrogens with one attached hydrogen (secondary N) is 1. The Morgan fingerprint density at radius 2 is 1.71 bits per heavy atom. The lowest BCUT2D eigenvalue weighted by molar-refractivity contribution is -0.132. The standard InChI is InChI=1S/C30H39N3O4S/c1-6-16-33(30(35)31-25-11-9-8-10-24(25)7-2)21-29(34)32(20-28-22(3)15-18-38-28)17-14-23-12-13-26(36-4)27(19-23)37-5/h8-13,15,18-19H,6-7,14,16-17,20-21H2,1-5H3,(H,31,35). The second-order valence-electron chi connectivity index (χ2n) is 9.14. The van der Waals surface area contributed by atoms with E-state index in [0.29, 0.717) is 37.6 Å². The number of para-hydroxylation sites is 1. The fraction of sp³-hybridized carbons (Fsp3) is 0.400. The van der Waals surface area contributed by atoms with E-state index < -0.39 is 0 Å². The predicted molar refractivity (Wildman–Crippen MR) is 154 cm³/mol. The topological polar surface area (TPSA) is 71.1 Å². The van der Waals surface area contributed by atoms with Crippen molar-refractivity contribution in [2.24, 2.45) is 0 Å². The van der Waals surface area contributed by atoms with E-state index in [0.717, 1.165) is 34.5 Å². The van der Waals surface area contributed by atoms with Crippen molar-refractivity contribution in [3.05, 3.63) is 75.5 Å². The zero-order chi connectivity index (χ0) is 27.5. The van der Waals surface area contributed by atoms with Crippen LogP contribution in [0.1, 0.15) is 41.8 Å². The van der Waals surface area contributed by atoms with Crippen molar-refractivity contribution in [2.75, 3.05) is 39.2 Å². The van der Waals surface area contributed by atoms with Crippen LogP contribution in [0.25, 0.3) is 0 Å². The molecule has 1 heterocycles. The molecular weight excluding hydrogens is 498 g/mol. The van der Waals surface area contributed by atoms with E-state index in [1.165, 1.54) is 5.56 Å². The van der Waals surface area contributed by atoms with Crippen molar-refractivity contribution >= 4 is 29.0 Å². The Morgan fingerprint density at radius 3 is 2.37 bits per heavy atom. The molecule has 3 amide bonds. The summed E-state index contributed by atoms with van der Waals surface area (Å²) < 4.78 is 10.8. The highest BCUT2D eigenvalue weighted by Gasteiger charge is 2.22. The molecule has 0 aliphatic rings. The lowest BCUT2D eigenvalue weighted by Gasteiger charge is -2.28. The summed E-state index contributed by atoms with van der Waals surface area (Å²) in [7, 11) is 3.23. The first-order chi connectivity index (χ1) is 18.4. The van der Waals surface area contributed by atoms with E-state index >= 15 is 0 Å². The highest BCUT2D eigenvalue weighted by Crippen LogP contribution is 2.28. The molecule has 0 radical (unpaired) electrons. The number of hydrogen-bond donors (Lipinski definition) is 1. The van der Waals surface area contributed by atoms with E-state index in [-0.39, 0.29) is 18.5 Å². The number of anilines is 1. The molecule has 3 aromatic rings. The van der Waals surface area contributed by atoms with Crippen molar-refractivity contribution in [3.8, 4) is 11.5 Å². The molecule has 0 fully saturated rings. The number of aryl methyl sites for hydroxylation is 2. The minimum Gasteiger partial charge on any atom is -0.493 e. The number of methoxy groups -OCH3 is 2. The first kappa shape index (κ1) is 29.0. The molecule has 1 aromatic heterocycles. The van der Waals surface area contributed by atoms with Gasteiger partial charge in [-0.15, -0.1) is 11.3 Å². The smallest absolute Gasteiger partial charge is 0.322 e. The Balaban J connectivity index is 1.76. The summed E-state index contributed by atoms with van der Waals surface area (Å²) in [6, 6.07) is 15.4. The fourth-order valence-corrected chi connectivity index (χ4v) is 5.18. The number of hydrogen-bond acceptors (Lipinski definition) is 5. The molecule has 38 heavy (non-hydrogen) atoms. The summed E-state index contributed by atoms with van der Waals surface area (Å²) in [5.41, 5.74) is 4.06. The third-order valence-electron chi connectivity index (χ3n) is 6.52. The summed E-state index contributed by atoms with van der Waals surface area (Å²) in [4.78, 5) is 31.5. The average Bonchev–Trinajstić information content (AvgIpc) is 3.34. The van der Waals surface area contributed by atoms with Gasteiger partial charge in [-0.2, -0.15) is 0 Å². The molecular formula is C30H39N3O4S. The van der Waals surface area contributed by atoms with E-state index in [4.69, 9.17) is 9.47 Å². The molecule has 7 nitrogen and oxygen atoms in total. The molecule has 0 bridgehead atoms. The van der Waals surface area contributed by atoms with Crippen LogP contribution in [-0.4, -0.2) is 55.6 Å². The summed E-state index contributed by atoms with van der Waals surface area (Å²) in [5, 5.41) is 5.06. The van der Waals surface area contributed by atoms with E-state index in [2.05, 4.69) is 25.2 Å². The van der Waals surface area contributed by atoms with Crippen molar-refractivity contribution in [1.29, 1.82) is 0 Å². The van der Waals surface area contributed by atoms with E-state index in [1.54, 1.807) is 30.5 Å². The molecule has 0 aliphatic heterocycles. The first-order valence-corrected chi connectivity index (χ1v) is 13.9. The van der Waals surface area contributed by atoms with Gasteiger partial charge in [0.1, 0.15) is 6.54 Å². The van der Waals surface area contributed by atoms with Crippen LogP contribution in [0.2, 0.25) is 0 Å². The SMILES string of the molecule is CCCN(CC(=O)N(CCc1ccc(OC)c(OC)c1)Cc1sccc1C)C(=O)Nc1ccccc1CC. The molecule has 0 unspecified atom stereocenters. The van der Waals surface area contributed by atoms with Crippen LogP contribution in [0.4, 0.5) is 10.5 Å². The normalized spacial score (nSPS) is 10.7. The molecule has 0 saturated carbocycles. The van der Waals surface area contributed by atoms with Gasteiger partial charge in [-0.1, -0.05) is 38.1 Å². The van der Waals surface area contributed by atoms with Gasteiger partial charge in [0.25, 0.3) is 0 Å².